The van der Waals surface area contributed by atoms with Crippen molar-refractivity contribution in [2.45, 2.75) is 50.9 Å². The normalized spacial score (nSPS) is 13.9. The number of anilines is 1. The number of amides is 1. The fourth-order valence-corrected chi connectivity index (χ4v) is 8.00. The molecule has 6 N–H and O–H groups in total. The number of carbonyl (C=O) groups excluding carboxylic acids is 3. The van der Waals surface area contributed by atoms with E-state index in [2.05, 4.69) is 0 Å². The van der Waals surface area contributed by atoms with Crippen LogP contribution in [0.25, 0.3) is 0 Å². The average molecular weight is 819 g/mol. The molecule has 0 aromatic heterocycles. The SMILES string of the molecule is CC(=O)N(CC(O)CO)c1c(I)c(C(=O)CCC(O)CO)c(I)c(C(=O)CCC(O)CO)c1I. The molecule has 0 saturated heterocycles. The van der Waals surface area contributed by atoms with Gasteiger partial charge in [0, 0.05) is 41.6 Å². The summed E-state index contributed by atoms with van der Waals surface area (Å²) >= 11 is 5.67. The lowest BCUT2D eigenvalue weighted by molar-refractivity contribution is -0.117. The number of nitrogens with zero attached hydrogens (tertiary/aromatic N) is 1. The van der Waals surface area contributed by atoms with Crippen LogP contribution in [-0.2, 0) is 4.79 Å². The zero-order chi connectivity index (χ0) is 26.2. The molecule has 0 aliphatic heterocycles. The quantitative estimate of drug-likeness (QED) is 0.118. The van der Waals surface area contributed by atoms with Crippen molar-refractivity contribution >= 4 is 90.9 Å². The van der Waals surface area contributed by atoms with Crippen LogP contribution < -0.4 is 4.90 Å². The summed E-state index contributed by atoms with van der Waals surface area (Å²) in [6.45, 7) is -0.628. The first-order valence-electron chi connectivity index (χ1n) is 10.3. The second-order valence-electron chi connectivity index (χ2n) is 7.60. The van der Waals surface area contributed by atoms with Gasteiger partial charge in [-0.1, -0.05) is 0 Å². The van der Waals surface area contributed by atoms with Crippen molar-refractivity contribution in [3.8, 4) is 0 Å². The van der Waals surface area contributed by atoms with E-state index in [1.807, 2.05) is 67.8 Å². The summed E-state index contributed by atoms with van der Waals surface area (Å²) < 4.78 is 1.07. The van der Waals surface area contributed by atoms with Crippen LogP contribution in [-0.4, -0.2) is 92.8 Å². The molecular formula is C21H28I3NO9. The topological polar surface area (TPSA) is 176 Å². The van der Waals surface area contributed by atoms with E-state index in [0.717, 1.165) is 0 Å². The number of Topliss-reactive ketones (excluding diaryl/α,β-unsaturated/α-hetero) is 2. The van der Waals surface area contributed by atoms with Crippen LogP contribution in [0.15, 0.2) is 0 Å². The molecule has 0 spiro atoms. The van der Waals surface area contributed by atoms with E-state index in [9.17, 15) is 34.8 Å². The molecule has 1 aromatic rings. The highest BCUT2D eigenvalue weighted by molar-refractivity contribution is 14.1. The molecule has 10 nitrogen and oxygen atoms in total. The number of hydrogen-bond donors (Lipinski definition) is 6. The van der Waals surface area contributed by atoms with E-state index in [4.69, 9.17) is 10.2 Å². The number of hydrogen-bond acceptors (Lipinski definition) is 9. The van der Waals surface area contributed by atoms with E-state index < -0.39 is 55.6 Å². The van der Waals surface area contributed by atoms with Gasteiger partial charge in [0.2, 0.25) is 5.91 Å². The molecule has 0 radical (unpaired) electrons. The largest absolute Gasteiger partial charge is 0.394 e. The molecule has 1 aromatic carbocycles. The van der Waals surface area contributed by atoms with E-state index >= 15 is 0 Å². The molecule has 1 rings (SSSR count). The van der Waals surface area contributed by atoms with Crippen LogP contribution >= 0.6 is 67.8 Å². The third-order valence-electron chi connectivity index (χ3n) is 4.94. The lowest BCUT2D eigenvalue weighted by Gasteiger charge is -2.28. The Morgan fingerprint density at radius 1 is 0.735 bits per heavy atom. The standard InChI is InChI=1S/C21H28I3NO9/c1-10(29)25(6-13(32)9-28)21-19(23)16(14(33)4-2-11(30)7-26)18(22)17(20(21)24)15(34)5-3-12(31)8-27/h11-13,26-28,30-32H,2-9H2,1H3. The number of ketones is 2. The summed E-state index contributed by atoms with van der Waals surface area (Å²) in [5.74, 6) is -1.29. The summed E-state index contributed by atoms with van der Waals surface area (Å²) in [4.78, 5) is 40.0. The van der Waals surface area contributed by atoms with Crippen molar-refractivity contribution in [1.29, 1.82) is 0 Å². The predicted octanol–water partition coefficient (Wildman–Crippen LogP) is 0.839. The molecular weight excluding hydrogens is 791 g/mol. The number of benzene rings is 1. The van der Waals surface area contributed by atoms with Crippen LogP contribution in [0.3, 0.4) is 0 Å². The van der Waals surface area contributed by atoms with Crippen molar-refractivity contribution in [1.82, 2.24) is 0 Å². The van der Waals surface area contributed by atoms with E-state index in [-0.39, 0.29) is 49.0 Å². The van der Waals surface area contributed by atoms with Crippen LogP contribution in [0.1, 0.15) is 53.3 Å². The first-order chi connectivity index (χ1) is 15.9. The Morgan fingerprint density at radius 2 is 1.12 bits per heavy atom. The van der Waals surface area contributed by atoms with Crippen LogP contribution in [0.4, 0.5) is 5.69 Å². The van der Waals surface area contributed by atoms with Gasteiger partial charge in [-0.3, -0.25) is 14.4 Å². The highest BCUT2D eigenvalue weighted by atomic mass is 127. The molecule has 0 bridgehead atoms. The second-order valence-corrected chi connectivity index (χ2v) is 10.8. The molecule has 34 heavy (non-hydrogen) atoms. The van der Waals surface area contributed by atoms with Crippen molar-refractivity contribution in [2.75, 3.05) is 31.3 Å². The van der Waals surface area contributed by atoms with E-state index in [0.29, 0.717) is 10.7 Å². The van der Waals surface area contributed by atoms with Gasteiger partial charge in [0.05, 0.1) is 50.4 Å². The number of aliphatic hydroxyl groups is 6. The monoisotopic (exact) mass is 819 g/mol. The van der Waals surface area contributed by atoms with Gasteiger partial charge in [-0.25, -0.2) is 0 Å². The predicted molar refractivity (Wildman–Crippen MR) is 149 cm³/mol. The summed E-state index contributed by atoms with van der Waals surface area (Å²) in [7, 11) is 0. The third-order valence-corrected chi connectivity index (χ3v) is 8.12. The molecule has 192 valence electrons. The van der Waals surface area contributed by atoms with Gasteiger partial charge in [0.25, 0.3) is 0 Å². The summed E-state index contributed by atoms with van der Waals surface area (Å²) in [6.07, 6.45) is -3.68. The van der Waals surface area contributed by atoms with Gasteiger partial charge in [0.1, 0.15) is 0 Å². The first-order valence-corrected chi connectivity index (χ1v) is 13.6. The summed E-state index contributed by atoms with van der Waals surface area (Å²) in [6, 6.07) is 0. The van der Waals surface area contributed by atoms with Crippen molar-refractivity contribution in [2.24, 2.45) is 0 Å². The Labute approximate surface area is 238 Å². The Bertz CT molecular complexity index is 844. The molecule has 3 atom stereocenters. The molecule has 0 aliphatic rings. The van der Waals surface area contributed by atoms with Crippen LogP contribution in [0, 0.1) is 10.7 Å². The number of halogens is 3. The van der Waals surface area contributed by atoms with Gasteiger partial charge < -0.3 is 35.5 Å². The van der Waals surface area contributed by atoms with Gasteiger partial charge in [-0.15, -0.1) is 0 Å². The highest BCUT2D eigenvalue weighted by Crippen LogP contribution is 2.39. The summed E-state index contributed by atoms with van der Waals surface area (Å²) in [5.41, 5.74) is 0.564. The smallest absolute Gasteiger partial charge is 0.224 e. The zero-order valence-electron chi connectivity index (χ0n) is 18.4. The minimum Gasteiger partial charge on any atom is -0.394 e. The van der Waals surface area contributed by atoms with Crippen LogP contribution in [0.5, 0.6) is 0 Å². The Morgan fingerprint density at radius 3 is 1.44 bits per heavy atom. The first kappa shape index (κ1) is 32.0. The fraction of sp³-hybridized carbons (Fsp3) is 0.571. The third kappa shape index (κ3) is 8.53. The maximum atomic E-state index is 13.1. The van der Waals surface area contributed by atoms with Gasteiger partial charge in [-0.2, -0.15) is 0 Å². The van der Waals surface area contributed by atoms with Crippen molar-refractivity contribution < 1.29 is 45.0 Å². The molecule has 3 unspecified atom stereocenters. The van der Waals surface area contributed by atoms with Crippen molar-refractivity contribution in [3.05, 3.63) is 21.8 Å². The number of rotatable bonds is 14. The Balaban J connectivity index is 3.73. The van der Waals surface area contributed by atoms with Crippen LogP contribution in [0.2, 0.25) is 0 Å². The Kier molecular flexibility index (Phi) is 14.4. The van der Waals surface area contributed by atoms with Gasteiger partial charge in [0.15, 0.2) is 11.6 Å². The van der Waals surface area contributed by atoms with Gasteiger partial charge in [-0.05, 0) is 80.6 Å². The molecule has 1 amide bonds. The second kappa shape index (κ2) is 15.3. The molecule has 0 heterocycles. The molecule has 0 saturated carbocycles. The maximum absolute atomic E-state index is 13.1. The number of carbonyl (C=O) groups is 3. The Hall–Kier alpha value is -0.0200. The maximum Gasteiger partial charge on any atom is 0.224 e. The highest BCUT2D eigenvalue weighted by Gasteiger charge is 2.31. The number of aliphatic hydroxyl groups excluding tert-OH is 6. The van der Waals surface area contributed by atoms with Crippen molar-refractivity contribution in [3.63, 3.8) is 0 Å². The fourth-order valence-electron chi connectivity index (χ4n) is 3.05. The van der Waals surface area contributed by atoms with Gasteiger partial charge >= 0.3 is 0 Å². The molecule has 0 fully saturated rings. The lowest BCUT2D eigenvalue weighted by Crippen LogP contribution is -2.39. The molecule has 13 heteroatoms. The minimum atomic E-state index is -1.26. The minimum absolute atomic E-state index is 0.00552. The van der Waals surface area contributed by atoms with E-state index in [1.165, 1.54) is 11.8 Å². The lowest BCUT2D eigenvalue weighted by atomic mass is 9.97. The molecule has 0 aliphatic carbocycles. The average Bonchev–Trinajstić information content (AvgIpc) is 2.79. The summed E-state index contributed by atoms with van der Waals surface area (Å²) in [5, 5.41) is 56.7. The zero-order valence-corrected chi connectivity index (χ0v) is 24.9. The van der Waals surface area contributed by atoms with E-state index in [1.54, 1.807) is 0 Å².